The highest BCUT2D eigenvalue weighted by Crippen LogP contribution is 2.28. The maximum absolute atomic E-state index is 11.8. The molecule has 0 bridgehead atoms. The summed E-state index contributed by atoms with van der Waals surface area (Å²) in [4.78, 5) is 16.0. The Bertz CT molecular complexity index is 638. The van der Waals surface area contributed by atoms with Crippen LogP contribution in [-0.4, -0.2) is 30.5 Å². The van der Waals surface area contributed by atoms with Gasteiger partial charge in [-0.05, 0) is 19.0 Å². The lowest BCUT2D eigenvalue weighted by molar-refractivity contribution is -0.121. The number of rotatable bonds is 9. The molecule has 0 aliphatic carbocycles. The first-order valence-electron chi connectivity index (χ1n) is 7.87. The second kappa shape index (κ2) is 13.2. The lowest BCUT2D eigenvalue weighted by Gasteiger charge is -2.05. The van der Waals surface area contributed by atoms with Crippen LogP contribution in [0.1, 0.15) is 25.7 Å². The molecule has 0 unspecified atom stereocenters. The maximum atomic E-state index is 11.8. The van der Waals surface area contributed by atoms with E-state index in [1.807, 2.05) is 24.3 Å². The number of nitrogens with zero attached hydrogens (tertiary/aromatic N) is 1. The molecule has 0 aliphatic heterocycles. The van der Waals surface area contributed by atoms with E-state index in [0.29, 0.717) is 31.0 Å². The smallest absolute Gasteiger partial charge is 0.220 e. The van der Waals surface area contributed by atoms with Crippen molar-refractivity contribution in [2.45, 2.75) is 26.2 Å². The molecule has 0 atom stereocenters. The maximum Gasteiger partial charge on any atom is 0.220 e. The van der Waals surface area contributed by atoms with Crippen LogP contribution in [0.4, 0.5) is 0 Å². The highest BCUT2D eigenvalue weighted by Gasteiger charge is 2.10. The quantitative estimate of drug-likeness (QED) is 0.564. The topological polar surface area (TPSA) is 67.2 Å². The van der Waals surface area contributed by atoms with Gasteiger partial charge in [0.2, 0.25) is 5.91 Å². The van der Waals surface area contributed by atoms with Crippen molar-refractivity contribution in [1.29, 1.82) is 0 Å². The third-order valence-corrected chi connectivity index (χ3v) is 4.00. The van der Waals surface area contributed by atoms with Crippen LogP contribution in [-0.2, 0) is 11.2 Å². The van der Waals surface area contributed by atoms with Crippen molar-refractivity contribution in [2.75, 3.05) is 19.6 Å². The molecule has 5 nitrogen and oxygen atoms in total. The van der Waals surface area contributed by atoms with Gasteiger partial charge < -0.3 is 15.1 Å². The van der Waals surface area contributed by atoms with Crippen molar-refractivity contribution < 1.29 is 9.21 Å². The summed E-state index contributed by atoms with van der Waals surface area (Å²) in [6.07, 6.45) is 3.67. The van der Waals surface area contributed by atoms with Crippen molar-refractivity contribution in [3.05, 3.63) is 40.8 Å². The zero-order chi connectivity index (χ0) is 16.5. The number of benzene rings is 1. The van der Waals surface area contributed by atoms with Gasteiger partial charge in [0.05, 0.1) is 6.20 Å². The average molecular weight is 453 g/mol. The number of carbonyl (C=O) groups is 1. The van der Waals surface area contributed by atoms with Gasteiger partial charge in [-0.15, -0.1) is 24.8 Å². The Hall–Kier alpha value is -1.08. The van der Waals surface area contributed by atoms with Crippen molar-refractivity contribution in [2.24, 2.45) is 0 Å². The van der Waals surface area contributed by atoms with Crippen LogP contribution < -0.4 is 10.6 Å². The van der Waals surface area contributed by atoms with Gasteiger partial charge in [0.1, 0.15) is 0 Å². The third kappa shape index (κ3) is 8.23. The Balaban J connectivity index is 0.00000288. The summed E-state index contributed by atoms with van der Waals surface area (Å²) >= 11 is 3.49. The Morgan fingerprint density at radius 1 is 1.20 bits per heavy atom. The number of hydrogen-bond donors (Lipinski definition) is 2. The fourth-order valence-corrected chi connectivity index (χ4v) is 2.59. The van der Waals surface area contributed by atoms with Gasteiger partial charge in [-0.25, -0.2) is 4.98 Å². The zero-order valence-corrected chi connectivity index (χ0v) is 17.3. The van der Waals surface area contributed by atoms with Crippen LogP contribution in [0, 0.1) is 0 Å². The molecule has 1 aromatic heterocycles. The summed E-state index contributed by atoms with van der Waals surface area (Å²) in [5, 5.41) is 6.12. The van der Waals surface area contributed by atoms with E-state index in [2.05, 4.69) is 38.5 Å². The van der Waals surface area contributed by atoms with Crippen molar-refractivity contribution >= 4 is 46.7 Å². The number of nitrogens with one attached hydrogen (secondary N) is 2. The van der Waals surface area contributed by atoms with Gasteiger partial charge in [-0.1, -0.05) is 41.1 Å². The molecule has 0 fully saturated rings. The third-order valence-electron chi connectivity index (χ3n) is 3.31. The molecular formula is C17H24BrCl2N3O2. The van der Waals surface area contributed by atoms with E-state index in [1.54, 1.807) is 6.20 Å². The zero-order valence-electron chi connectivity index (χ0n) is 14.1. The van der Waals surface area contributed by atoms with Gasteiger partial charge in [0.25, 0.3) is 0 Å². The van der Waals surface area contributed by atoms with E-state index in [1.165, 1.54) is 0 Å². The normalized spacial score (nSPS) is 9.84. The first-order valence-corrected chi connectivity index (χ1v) is 8.67. The summed E-state index contributed by atoms with van der Waals surface area (Å²) in [7, 11) is 0. The van der Waals surface area contributed by atoms with Crippen molar-refractivity contribution in [1.82, 2.24) is 15.6 Å². The minimum Gasteiger partial charge on any atom is -0.441 e. The SMILES string of the molecule is CCCNCCNC(=O)CCc1ncc(-c2ccccc2Br)o1.Cl.Cl. The van der Waals surface area contributed by atoms with Crippen molar-refractivity contribution in [3.8, 4) is 11.3 Å². The molecule has 2 aromatic rings. The van der Waals surface area contributed by atoms with E-state index < -0.39 is 0 Å². The highest BCUT2D eigenvalue weighted by molar-refractivity contribution is 9.10. The van der Waals surface area contributed by atoms with Gasteiger partial charge in [0, 0.05) is 36.0 Å². The van der Waals surface area contributed by atoms with Crippen LogP contribution in [0.5, 0.6) is 0 Å². The second-order valence-corrected chi connectivity index (χ2v) is 6.05. The summed E-state index contributed by atoms with van der Waals surface area (Å²) in [5.74, 6) is 1.30. The molecule has 2 rings (SSSR count). The van der Waals surface area contributed by atoms with E-state index in [-0.39, 0.29) is 30.7 Å². The first kappa shape index (κ1) is 23.9. The van der Waals surface area contributed by atoms with Crippen LogP contribution in [0.25, 0.3) is 11.3 Å². The number of aryl methyl sites for hydroxylation is 1. The lowest BCUT2D eigenvalue weighted by Crippen LogP contribution is -2.32. The number of carbonyl (C=O) groups excluding carboxylic acids is 1. The largest absolute Gasteiger partial charge is 0.441 e. The molecule has 1 amide bonds. The number of amides is 1. The number of aromatic nitrogens is 1. The van der Waals surface area contributed by atoms with Crippen molar-refractivity contribution in [3.63, 3.8) is 0 Å². The molecule has 1 heterocycles. The monoisotopic (exact) mass is 451 g/mol. The Morgan fingerprint density at radius 2 is 1.96 bits per heavy atom. The molecule has 25 heavy (non-hydrogen) atoms. The van der Waals surface area contributed by atoms with Crippen LogP contribution >= 0.6 is 40.7 Å². The molecule has 140 valence electrons. The average Bonchev–Trinajstić information content (AvgIpc) is 3.02. The Kier molecular flexibility index (Phi) is 12.6. The molecular weight excluding hydrogens is 429 g/mol. The lowest BCUT2D eigenvalue weighted by atomic mass is 10.2. The Labute approximate surface area is 169 Å². The number of hydrogen-bond acceptors (Lipinski definition) is 4. The predicted octanol–water partition coefficient (Wildman–Crippen LogP) is 4.00. The molecule has 2 N–H and O–H groups in total. The fraction of sp³-hybridized carbons (Fsp3) is 0.412. The van der Waals surface area contributed by atoms with Crippen LogP contribution in [0.3, 0.4) is 0 Å². The van der Waals surface area contributed by atoms with Gasteiger partial charge in [0.15, 0.2) is 11.7 Å². The standard InChI is InChI=1S/C17H22BrN3O2.2ClH/c1-2-9-19-10-11-20-16(22)7-8-17-21-12-15(23-17)13-5-3-4-6-14(13)18;;/h3-6,12,19H,2,7-11H2,1H3,(H,20,22);2*1H. The van der Waals surface area contributed by atoms with E-state index >= 15 is 0 Å². The summed E-state index contributed by atoms with van der Waals surface area (Å²) in [6, 6.07) is 7.81. The molecule has 1 aromatic carbocycles. The second-order valence-electron chi connectivity index (χ2n) is 5.20. The molecule has 8 heteroatoms. The van der Waals surface area contributed by atoms with E-state index in [4.69, 9.17) is 4.42 Å². The number of halogens is 3. The van der Waals surface area contributed by atoms with Gasteiger partial charge in [-0.2, -0.15) is 0 Å². The van der Waals surface area contributed by atoms with Crippen LogP contribution in [0.2, 0.25) is 0 Å². The van der Waals surface area contributed by atoms with Gasteiger partial charge in [-0.3, -0.25) is 4.79 Å². The van der Waals surface area contributed by atoms with E-state index in [0.717, 1.165) is 29.5 Å². The predicted molar refractivity (Wildman–Crippen MR) is 109 cm³/mol. The fourth-order valence-electron chi connectivity index (χ4n) is 2.11. The van der Waals surface area contributed by atoms with E-state index in [9.17, 15) is 4.79 Å². The molecule has 0 radical (unpaired) electrons. The minimum atomic E-state index is 0. The summed E-state index contributed by atoms with van der Waals surface area (Å²) < 4.78 is 6.68. The summed E-state index contributed by atoms with van der Waals surface area (Å²) in [6.45, 7) is 4.53. The number of oxazole rings is 1. The molecule has 0 spiro atoms. The summed E-state index contributed by atoms with van der Waals surface area (Å²) in [5.41, 5.74) is 0.956. The Morgan fingerprint density at radius 3 is 2.68 bits per heavy atom. The minimum absolute atomic E-state index is 0. The van der Waals surface area contributed by atoms with Gasteiger partial charge >= 0.3 is 0 Å². The van der Waals surface area contributed by atoms with Crippen LogP contribution in [0.15, 0.2) is 39.4 Å². The first-order chi connectivity index (χ1) is 11.2. The molecule has 0 saturated carbocycles. The molecule has 0 aliphatic rings. The highest BCUT2D eigenvalue weighted by atomic mass is 79.9. The molecule has 0 saturated heterocycles.